The Labute approximate surface area is 103 Å². The van der Waals surface area contributed by atoms with Crippen LogP contribution in [0.3, 0.4) is 0 Å². The SMILES string of the molecule is NC(=O)c1cn[nH]c1NC(=O)Cc1ccccc1. The number of H-pyrrole nitrogens is 1. The Hall–Kier alpha value is -2.63. The van der Waals surface area contributed by atoms with Crippen LogP contribution < -0.4 is 11.1 Å². The Morgan fingerprint density at radius 2 is 2.00 bits per heavy atom. The average Bonchev–Trinajstić information content (AvgIpc) is 2.78. The standard InChI is InChI=1S/C12H12N4O2/c13-11(18)9-7-14-16-12(9)15-10(17)6-8-4-2-1-3-5-8/h1-5,7H,6H2,(H2,13,18)(H2,14,15,16,17). The summed E-state index contributed by atoms with van der Waals surface area (Å²) in [4.78, 5) is 22.8. The van der Waals surface area contributed by atoms with Crippen molar-refractivity contribution < 1.29 is 9.59 Å². The number of amides is 2. The molecule has 1 aromatic carbocycles. The predicted molar refractivity (Wildman–Crippen MR) is 65.9 cm³/mol. The third kappa shape index (κ3) is 2.73. The second kappa shape index (κ2) is 5.13. The first-order chi connectivity index (χ1) is 8.66. The number of nitrogens with zero attached hydrogens (tertiary/aromatic N) is 1. The third-order valence-electron chi connectivity index (χ3n) is 2.38. The van der Waals surface area contributed by atoms with E-state index in [9.17, 15) is 9.59 Å². The van der Waals surface area contributed by atoms with Crippen molar-refractivity contribution in [3.8, 4) is 0 Å². The molecule has 0 fully saturated rings. The van der Waals surface area contributed by atoms with Crippen LogP contribution in [0.5, 0.6) is 0 Å². The molecular formula is C12H12N4O2. The quantitative estimate of drug-likeness (QED) is 0.737. The summed E-state index contributed by atoms with van der Waals surface area (Å²) in [7, 11) is 0. The van der Waals surface area contributed by atoms with Gasteiger partial charge in [-0.15, -0.1) is 0 Å². The molecular weight excluding hydrogens is 232 g/mol. The molecule has 2 rings (SSSR count). The fraction of sp³-hybridized carbons (Fsp3) is 0.0833. The van der Waals surface area contributed by atoms with Crippen molar-refractivity contribution in [2.75, 3.05) is 5.32 Å². The summed E-state index contributed by atoms with van der Waals surface area (Å²) < 4.78 is 0. The van der Waals surface area contributed by atoms with E-state index in [1.807, 2.05) is 30.3 Å². The number of nitrogens with one attached hydrogen (secondary N) is 2. The summed E-state index contributed by atoms with van der Waals surface area (Å²) >= 11 is 0. The fourth-order valence-electron chi connectivity index (χ4n) is 1.53. The van der Waals surface area contributed by atoms with Crippen molar-refractivity contribution in [2.45, 2.75) is 6.42 Å². The highest BCUT2D eigenvalue weighted by Gasteiger charge is 2.13. The molecule has 0 unspecified atom stereocenters. The Kier molecular flexibility index (Phi) is 3.38. The number of primary amides is 1. The highest BCUT2D eigenvalue weighted by Crippen LogP contribution is 2.10. The van der Waals surface area contributed by atoms with Gasteiger partial charge in [-0.3, -0.25) is 14.7 Å². The Balaban J connectivity index is 2.04. The lowest BCUT2D eigenvalue weighted by molar-refractivity contribution is -0.115. The lowest BCUT2D eigenvalue weighted by atomic mass is 10.1. The number of anilines is 1. The Morgan fingerprint density at radius 1 is 1.28 bits per heavy atom. The third-order valence-corrected chi connectivity index (χ3v) is 2.38. The molecule has 0 spiro atoms. The zero-order valence-corrected chi connectivity index (χ0v) is 9.51. The van der Waals surface area contributed by atoms with Crippen LogP contribution in [-0.2, 0) is 11.2 Å². The van der Waals surface area contributed by atoms with Gasteiger partial charge in [0.15, 0.2) is 0 Å². The molecule has 1 heterocycles. The van der Waals surface area contributed by atoms with Gasteiger partial charge in [0.25, 0.3) is 5.91 Å². The van der Waals surface area contributed by atoms with E-state index in [2.05, 4.69) is 15.5 Å². The highest BCUT2D eigenvalue weighted by molar-refractivity contribution is 6.02. The van der Waals surface area contributed by atoms with E-state index in [4.69, 9.17) is 5.73 Å². The van der Waals surface area contributed by atoms with Gasteiger partial charge in [0, 0.05) is 0 Å². The van der Waals surface area contributed by atoms with E-state index < -0.39 is 5.91 Å². The van der Waals surface area contributed by atoms with Crippen LogP contribution in [-0.4, -0.2) is 22.0 Å². The van der Waals surface area contributed by atoms with Crippen molar-refractivity contribution in [2.24, 2.45) is 5.73 Å². The molecule has 0 aliphatic heterocycles. The van der Waals surface area contributed by atoms with Crippen LogP contribution in [0.1, 0.15) is 15.9 Å². The lowest BCUT2D eigenvalue weighted by Crippen LogP contribution is -2.18. The first-order valence-electron chi connectivity index (χ1n) is 5.34. The van der Waals surface area contributed by atoms with Gasteiger partial charge in [0.05, 0.1) is 12.6 Å². The first kappa shape index (κ1) is 11.8. The van der Waals surface area contributed by atoms with Gasteiger partial charge in [-0.2, -0.15) is 5.10 Å². The van der Waals surface area contributed by atoms with Gasteiger partial charge >= 0.3 is 0 Å². The van der Waals surface area contributed by atoms with Crippen LogP contribution in [0.4, 0.5) is 5.82 Å². The molecule has 2 amide bonds. The molecule has 0 aliphatic carbocycles. The van der Waals surface area contributed by atoms with E-state index in [1.54, 1.807) is 0 Å². The molecule has 0 atom stereocenters. The number of hydrogen-bond acceptors (Lipinski definition) is 3. The minimum absolute atomic E-state index is 0.163. The number of benzene rings is 1. The largest absolute Gasteiger partial charge is 0.365 e. The smallest absolute Gasteiger partial charge is 0.254 e. The average molecular weight is 244 g/mol. The van der Waals surface area contributed by atoms with E-state index in [-0.39, 0.29) is 23.7 Å². The number of rotatable bonds is 4. The molecule has 92 valence electrons. The van der Waals surface area contributed by atoms with Crippen molar-refractivity contribution in [1.29, 1.82) is 0 Å². The second-order valence-electron chi connectivity index (χ2n) is 3.73. The van der Waals surface area contributed by atoms with Crippen LogP contribution in [0.2, 0.25) is 0 Å². The van der Waals surface area contributed by atoms with Crippen LogP contribution in [0.25, 0.3) is 0 Å². The minimum atomic E-state index is -0.640. The summed E-state index contributed by atoms with van der Waals surface area (Å²) in [6.07, 6.45) is 1.50. The van der Waals surface area contributed by atoms with Crippen LogP contribution in [0.15, 0.2) is 36.5 Å². The number of aromatic nitrogens is 2. The summed E-state index contributed by atoms with van der Waals surface area (Å²) in [5.41, 5.74) is 6.18. The summed E-state index contributed by atoms with van der Waals surface area (Å²) in [5.74, 6) is -0.657. The first-order valence-corrected chi connectivity index (χ1v) is 5.34. The summed E-state index contributed by atoms with van der Waals surface area (Å²) in [6.45, 7) is 0. The van der Waals surface area contributed by atoms with Crippen LogP contribution >= 0.6 is 0 Å². The molecule has 4 N–H and O–H groups in total. The maximum absolute atomic E-state index is 11.7. The molecule has 0 saturated carbocycles. The molecule has 1 aromatic heterocycles. The van der Waals surface area contributed by atoms with Gasteiger partial charge in [0.1, 0.15) is 11.4 Å². The van der Waals surface area contributed by atoms with Gasteiger partial charge < -0.3 is 11.1 Å². The highest BCUT2D eigenvalue weighted by atomic mass is 16.2. The van der Waals surface area contributed by atoms with Crippen molar-refractivity contribution in [3.63, 3.8) is 0 Å². The van der Waals surface area contributed by atoms with E-state index in [0.717, 1.165) is 5.56 Å². The molecule has 6 heteroatoms. The number of carbonyl (C=O) groups excluding carboxylic acids is 2. The molecule has 0 aliphatic rings. The van der Waals surface area contributed by atoms with Crippen molar-refractivity contribution in [1.82, 2.24) is 10.2 Å². The zero-order valence-electron chi connectivity index (χ0n) is 9.51. The van der Waals surface area contributed by atoms with Gasteiger partial charge in [-0.25, -0.2) is 0 Å². The monoisotopic (exact) mass is 244 g/mol. The van der Waals surface area contributed by atoms with Gasteiger partial charge in [-0.1, -0.05) is 30.3 Å². The Bertz CT molecular complexity index is 562. The van der Waals surface area contributed by atoms with E-state index in [0.29, 0.717) is 0 Å². The number of carbonyl (C=O) groups is 2. The van der Waals surface area contributed by atoms with Crippen molar-refractivity contribution in [3.05, 3.63) is 47.7 Å². The number of hydrogen-bond donors (Lipinski definition) is 3. The lowest BCUT2D eigenvalue weighted by Gasteiger charge is -2.04. The predicted octanol–water partition coefficient (Wildman–Crippen LogP) is 0.690. The normalized spacial score (nSPS) is 10.0. The molecule has 0 radical (unpaired) electrons. The maximum atomic E-state index is 11.7. The Morgan fingerprint density at radius 3 is 2.67 bits per heavy atom. The second-order valence-corrected chi connectivity index (χ2v) is 3.73. The summed E-state index contributed by atoms with van der Waals surface area (Å²) in [6, 6.07) is 9.28. The topological polar surface area (TPSA) is 101 Å². The minimum Gasteiger partial charge on any atom is -0.365 e. The molecule has 0 saturated heterocycles. The number of aromatic amines is 1. The zero-order chi connectivity index (χ0) is 13.0. The maximum Gasteiger partial charge on any atom is 0.254 e. The number of nitrogens with two attached hydrogens (primary N) is 1. The molecule has 0 bridgehead atoms. The van der Waals surface area contributed by atoms with E-state index in [1.165, 1.54) is 6.20 Å². The molecule has 2 aromatic rings. The van der Waals surface area contributed by atoms with Gasteiger partial charge in [-0.05, 0) is 5.56 Å². The van der Waals surface area contributed by atoms with E-state index >= 15 is 0 Å². The van der Waals surface area contributed by atoms with Gasteiger partial charge in [0.2, 0.25) is 5.91 Å². The fourth-order valence-corrected chi connectivity index (χ4v) is 1.53. The van der Waals surface area contributed by atoms with Crippen LogP contribution in [0, 0.1) is 0 Å². The molecule has 6 nitrogen and oxygen atoms in total. The molecule has 18 heavy (non-hydrogen) atoms. The van der Waals surface area contributed by atoms with Crippen molar-refractivity contribution >= 4 is 17.6 Å². The summed E-state index contributed by atoms with van der Waals surface area (Å²) in [5, 5.41) is 8.75.